The molecule has 106 valence electrons. The van der Waals surface area contributed by atoms with E-state index in [2.05, 4.69) is 11.1 Å². The Hall–Kier alpha value is -2.58. The Kier molecular flexibility index (Phi) is 4.10. The fourth-order valence-electron chi connectivity index (χ4n) is 1.89. The number of carbonyl (C=O) groups is 1. The van der Waals surface area contributed by atoms with Gasteiger partial charge in [0.25, 0.3) is 0 Å². The minimum atomic E-state index is -1.11. The molecule has 6 heteroatoms. The summed E-state index contributed by atoms with van der Waals surface area (Å²) in [5.74, 6) is -0.439. The van der Waals surface area contributed by atoms with Crippen LogP contribution in [-0.4, -0.2) is 16.1 Å². The van der Waals surface area contributed by atoms with Gasteiger partial charge in [-0.2, -0.15) is 5.26 Å². The fraction of sp³-hybridized carbons (Fsp3) is 0.133. The van der Waals surface area contributed by atoms with Crippen molar-refractivity contribution in [2.45, 2.75) is 13.8 Å². The topological polar surface area (TPSA) is 83.2 Å². The number of ether oxygens (including phenoxy) is 1. The quantitative estimate of drug-likeness (QED) is 0.934. The van der Waals surface area contributed by atoms with Crippen LogP contribution >= 0.6 is 11.6 Å². The van der Waals surface area contributed by atoms with Crippen LogP contribution in [0.2, 0.25) is 5.02 Å². The maximum atomic E-state index is 10.8. The van der Waals surface area contributed by atoms with Crippen molar-refractivity contribution < 1.29 is 14.6 Å². The number of aryl methyl sites for hydroxylation is 2. The molecule has 0 amide bonds. The molecular formula is C15H11ClN2O3. The number of benzene rings is 1. The fourth-order valence-corrected chi connectivity index (χ4v) is 2.09. The number of hydrogen-bond donors (Lipinski definition) is 1. The molecule has 0 radical (unpaired) electrons. The summed E-state index contributed by atoms with van der Waals surface area (Å²) < 4.78 is 5.66. The molecule has 0 saturated carbocycles. The van der Waals surface area contributed by atoms with Gasteiger partial charge in [0.1, 0.15) is 10.8 Å². The lowest BCUT2D eigenvalue weighted by atomic mass is 10.1. The van der Waals surface area contributed by atoms with Crippen LogP contribution in [0.3, 0.4) is 0 Å². The molecule has 1 N–H and O–H groups in total. The number of rotatable bonds is 3. The zero-order chi connectivity index (χ0) is 15.6. The van der Waals surface area contributed by atoms with Gasteiger partial charge in [0.05, 0.1) is 17.2 Å². The predicted octanol–water partition coefficient (Wildman–Crippen LogP) is 3.71. The van der Waals surface area contributed by atoms with Crippen LogP contribution in [0, 0.1) is 25.2 Å². The minimum absolute atomic E-state index is 0.0133. The van der Waals surface area contributed by atoms with Crippen LogP contribution in [-0.2, 0) is 0 Å². The molecule has 2 rings (SSSR count). The number of pyridine rings is 1. The lowest BCUT2D eigenvalue weighted by molar-refractivity contribution is 0.0696. The average molecular weight is 303 g/mol. The number of halogens is 1. The average Bonchev–Trinajstić information content (AvgIpc) is 2.43. The van der Waals surface area contributed by atoms with E-state index in [4.69, 9.17) is 26.7 Å². The zero-order valence-electron chi connectivity index (χ0n) is 11.3. The van der Waals surface area contributed by atoms with Crippen LogP contribution in [0.4, 0.5) is 0 Å². The second-order valence-electron chi connectivity index (χ2n) is 4.47. The Morgan fingerprint density at radius 3 is 2.43 bits per heavy atom. The Bertz CT molecular complexity index is 743. The molecule has 0 unspecified atom stereocenters. The summed E-state index contributed by atoms with van der Waals surface area (Å²) in [5, 5.41) is 17.9. The standard InChI is InChI=1S/C15H11ClN2O3/c1-8-3-10(6-17)4-9(2)13(8)21-14-12(16)5-11(7-18-14)15(19)20/h3-5,7H,1-2H3,(H,19,20). The number of hydrogen-bond acceptors (Lipinski definition) is 4. The van der Waals surface area contributed by atoms with Crippen molar-refractivity contribution in [3.63, 3.8) is 0 Å². The summed E-state index contributed by atoms with van der Waals surface area (Å²) in [6, 6.07) is 6.74. The molecule has 5 nitrogen and oxygen atoms in total. The van der Waals surface area contributed by atoms with Gasteiger partial charge in [-0.1, -0.05) is 11.6 Å². The molecule has 1 aromatic carbocycles. The summed E-state index contributed by atoms with van der Waals surface area (Å²) in [5.41, 5.74) is 2.07. The number of carboxylic acid groups (broad SMARTS) is 1. The van der Waals surface area contributed by atoms with Gasteiger partial charge in [0, 0.05) is 6.20 Å². The normalized spacial score (nSPS) is 10.0. The molecule has 1 aromatic heterocycles. The summed E-state index contributed by atoms with van der Waals surface area (Å²) in [6.45, 7) is 3.62. The number of carboxylic acids is 1. The van der Waals surface area contributed by atoms with Gasteiger partial charge >= 0.3 is 5.97 Å². The van der Waals surface area contributed by atoms with Crippen LogP contribution in [0.15, 0.2) is 24.4 Å². The van der Waals surface area contributed by atoms with Gasteiger partial charge in [-0.05, 0) is 43.2 Å². The van der Waals surface area contributed by atoms with Gasteiger partial charge in [0.15, 0.2) is 0 Å². The van der Waals surface area contributed by atoms with Crippen LogP contribution in [0.5, 0.6) is 11.6 Å². The third-order valence-electron chi connectivity index (χ3n) is 2.84. The van der Waals surface area contributed by atoms with Crippen LogP contribution < -0.4 is 4.74 Å². The maximum absolute atomic E-state index is 10.8. The molecule has 0 spiro atoms. The molecule has 0 saturated heterocycles. The Balaban J connectivity index is 2.39. The van der Waals surface area contributed by atoms with Crippen molar-refractivity contribution in [3.05, 3.63) is 51.7 Å². The van der Waals surface area contributed by atoms with Crippen molar-refractivity contribution >= 4 is 17.6 Å². The summed E-state index contributed by atoms with van der Waals surface area (Å²) in [4.78, 5) is 14.8. The Morgan fingerprint density at radius 2 is 1.95 bits per heavy atom. The van der Waals surface area contributed by atoms with Crippen LogP contribution in [0.25, 0.3) is 0 Å². The minimum Gasteiger partial charge on any atom is -0.478 e. The van der Waals surface area contributed by atoms with E-state index in [0.29, 0.717) is 11.3 Å². The van der Waals surface area contributed by atoms with E-state index in [-0.39, 0.29) is 16.5 Å². The lowest BCUT2D eigenvalue weighted by Crippen LogP contribution is -2.00. The Morgan fingerprint density at radius 1 is 1.33 bits per heavy atom. The highest BCUT2D eigenvalue weighted by Crippen LogP contribution is 2.32. The van der Waals surface area contributed by atoms with Gasteiger partial charge < -0.3 is 9.84 Å². The highest BCUT2D eigenvalue weighted by molar-refractivity contribution is 6.32. The highest BCUT2D eigenvalue weighted by atomic mass is 35.5. The highest BCUT2D eigenvalue weighted by Gasteiger charge is 2.13. The zero-order valence-corrected chi connectivity index (χ0v) is 12.1. The number of nitrogens with zero attached hydrogens (tertiary/aromatic N) is 2. The SMILES string of the molecule is Cc1cc(C#N)cc(C)c1Oc1ncc(C(=O)O)cc1Cl. The predicted molar refractivity (Wildman–Crippen MR) is 76.9 cm³/mol. The van der Waals surface area contributed by atoms with E-state index in [1.54, 1.807) is 12.1 Å². The first kappa shape index (κ1) is 14.8. The van der Waals surface area contributed by atoms with Crippen LogP contribution in [0.1, 0.15) is 27.0 Å². The molecule has 0 fully saturated rings. The first-order chi connectivity index (χ1) is 9.92. The van der Waals surface area contributed by atoms with E-state index in [9.17, 15) is 4.79 Å². The lowest BCUT2D eigenvalue weighted by Gasteiger charge is -2.12. The molecular weight excluding hydrogens is 292 g/mol. The molecule has 0 aliphatic heterocycles. The van der Waals surface area contributed by atoms with Gasteiger partial charge in [0.2, 0.25) is 5.88 Å². The van der Waals surface area contributed by atoms with Gasteiger partial charge in [-0.25, -0.2) is 9.78 Å². The molecule has 0 bridgehead atoms. The summed E-state index contributed by atoms with van der Waals surface area (Å²) in [6.07, 6.45) is 1.18. The van der Waals surface area contributed by atoms with Crippen molar-refractivity contribution in [1.29, 1.82) is 5.26 Å². The smallest absolute Gasteiger partial charge is 0.337 e. The van der Waals surface area contributed by atoms with Crippen molar-refractivity contribution in [2.75, 3.05) is 0 Å². The van der Waals surface area contributed by atoms with Gasteiger partial charge in [-0.3, -0.25) is 0 Å². The summed E-state index contributed by atoms with van der Waals surface area (Å²) in [7, 11) is 0. The van der Waals surface area contributed by atoms with E-state index >= 15 is 0 Å². The molecule has 0 aliphatic carbocycles. The Labute approximate surface area is 126 Å². The summed E-state index contributed by atoms with van der Waals surface area (Å²) >= 11 is 5.98. The largest absolute Gasteiger partial charge is 0.478 e. The van der Waals surface area contributed by atoms with Gasteiger partial charge in [-0.15, -0.1) is 0 Å². The molecule has 0 atom stereocenters. The van der Waals surface area contributed by atoms with E-state index in [1.165, 1.54) is 12.3 Å². The van der Waals surface area contributed by atoms with E-state index in [0.717, 1.165) is 11.1 Å². The molecule has 0 aliphatic rings. The second-order valence-corrected chi connectivity index (χ2v) is 4.88. The number of aromatic nitrogens is 1. The second kappa shape index (κ2) is 5.81. The third-order valence-corrected chi connectivity index (χ3v) is 3.11. The first-order valence-corrected chi connectivity index (χ1v) is 6.38. The number of nitriles is 1. The molecule has 21 heavy (non-hydrogen) atoms. The maximum Gasteiger partial charge on any atom is 0.337 e. The third kappa shape index (κ3) is 3.12. The van der Waals surface area contributed by atoms with Crippen molar-refractivity contribution in [3.8, 4) is 17.7 Å². The van der Waals surface area contributed by atoms with Crippen molar-refractivity contribution in [1.82, 2.24) is 4.98 Å². The molecule has 1 heterocycles. The molecule has 2 aromatic rings. The van der Waals surface area contributed by atoms with E-state index < -0.39 is 5.97 Å². The first-order valence-electron chi connectivity index (χ1n) is 6.00. The number of aromatic carboxylic acids is 1. The van der Waals surface area contributed by atoms with E-state index in [1.807, 2.05) is 13.8 Å². The monoisotopic (exact) mass is 302 g/mol. The van der Waals surface area contributed by atoms with Crippen molar-refractivity contribution in [2.24, 2.45) is 0 Å².